The second kappa shape index (κ2) is 8.89. The van der Waals surface area contributed by atoms with Crippen molar-refractivity contribution in [1.82, 2.24) is 4.90 Å². The van der Waals surface area contributed by atoms with Crippen molar-refractivity contribution in [1.29, 1.82) is 0 Å². The number of fused-ring (bicyclic) bond motifs is 1. The van der Waals surface area contributed by atoms with Crippen molar-refractivity contribution in [2.24, 2.45) is 0 Å². The van der Waals surface area contributed by atoms with Crippen molar-refractivity contribution in [2.45, 2.75) is 17.1 Å². The Bertz CT molecular complexity index is 1560. The Hall–Kier alpha value is -3.01. The summed E-state index contributed by atoms with van der Waals surface area (Å²) in [4.78, 5) is 14.1. The van der Waals surface area contributed by atoms with E-state index in [1.54, 1.807) is 6.07 Å². The number of aromatic hydroxyl groups is 1. The van der Waals surface area contributed by atoms with Crippen LogP contribution in [0.3, 0.4) is 0 Å². The van der Waals surface area contributed by atoms with Crippen molar-refractivity contribution in [3.8, 4) is 16.2 Å². The molecular formula is C25H18ClF2NO4S2. The summed E-state index contributed by atoms with van der Waals surface area (Å²) >= 11 is 7.33. The fourth-order valence-corrected chi connectivity index (χ4v) is 6.78. The number of carbonyl (C=O) groups excluding carboxylic acids is 1. The number of halogens is 3. The van der Waals surface area contributed by atoms with Gasteiger partial charge in [0.1, 0.15) is 16.5 Å². The number of carbonyl (C=O) groups is 1. The normalized spacial score (nSPS) is 13.7. The molecule has 2 heterocycles. The van der Waals surface area contributed by atoms with Crippen molar-refractivity contribution < 1.29 is 27.1 Å². The molecule has 1 aromatic heterocycles. The molecule has 0 spiro atoms. The smallest absolute Gasteiger partial charge is 0.253 e. The van der Waals surface area contributed by atoms with E-state index < -0.39 is 43.8 Å². The summed E-state index contributed by atoms with van der Waals surface area (Å²) < 4.78 is 56.7. The number of nitrogens with zero attached hydrogens (tertiary/aromatic N) is 1. The van der Waals surface area contributed by atoms with E-state index >= 15 is 0 Å². The molecule has 1 aliphatic rings. The van der Waals surface area contributed by atoms with Crippen LogP contribution in [0.5, 0.6) is 5.75 Å². The zero-order valence-electron chi connectivity index (χ0n) is 18.1. The molecule has 0 aliphatic carbocycles. The molecule has 0 radical (unpaired) electrons. The number of hydrogen-bond acceptors (Lipinski definition) is 5. The highest BCUT2D eigenvalue weighted by Crippen LogP contribution is 2.38. The minimum atomic E-state index is -4.36. The Balaban J connectivity index is 1.54. The summed E-state index contributed by atoms with van der Waals surface area (Å²) in [5.41, 5.74) is -0.188. The van der Waals surface area contributed by atoms with Crippen LogP contribution in [0.15, 0.2) is 59.5 Å². The summed E-state index contributed by atoms with van der Waals surface area (Å²) in [6, 6.07) is 13.3. The third-order valence-electron chi connectivity index (χ3n) is 5.93. The van der Waals surface area contributed by atoms with Gasteiger partial charge in [0.15, 0.2) is 15.6 Å². The van der Waals surface area contributed by atoms with Gasteiger partial charge in [0.05, 0.1) is 10.8 Å². The van der Waals surface area contributed by atoms with Crippen LogP contribution in [0, 0.1) is 11.6 Å². The van der Waals surface area contributed by atoms with Crippen molar-refractivity contribution >= 4 is 48.8 Å². The maximum Gasteiger partial charge on any atom is 0.253 e. The van der Waals surface area contributed by atoms with E-state index in [0.29, 0.717) is 24.0 Å². The van der Waals surface area contributed by atoms with Crippen LogP contribution in [0.25, 0.3) is 20.5 Å². The zero-order chi connectivity index (χ0) is 24.9. The molecule has 35 heavy (non-hydrogen) atoms. The Labute approximate surface area is 209 Å². The van der Waals surface area contributed by atoms with Gasteiger partial charge in [-0.3, -0.25) is 4.79 Å². The number of sulfone groups is 1. The molecule has 1 N–H and O–H groups in total. The Morgan fingerprint density at radius 3 is 2.49 bits per heavy atom. The maximum absolute atomic E-state index is 14.7. The number of benzene rings is 3. The summed E-state index contributed by atoms with van der Waals surface area (Å²) in [5, 5.41) is 10.9. The fraction of sp³-hybridized carbons (Fsp3) is 0.160. The largest absolute Gasteiger partial charge is 0.505 e. The van der Waals surface area contributed by atoms with Gasteiger partial charge < -0.3 is 10.0 Å². The third kappa shape index (κ3) is 4.39. The van der Waals surface area contributed by atoms with Gasteiger partial charge in [0.2, 0.25) is 0 Å². The van der Waals surface area contributed by atoms with Gasteiger partial charge in [0, 0.05) is 45.4 Å². The Morgan fingerprint density at radius 2 is 1.80 bits per heavy atom. The maximum atomic E-state index is 14.7. The number of hydrogen-bond donors (Lipinski definition) is 1. The van der Waals surface area contributed by atoms with Gasteiger partial charge in [0.25, 0.3) is 5.91 Å². The highest BCUT2D eigenvalue weighted by molar-refractivity contribution is 7.90. The second-order valence-electron chi connectivity index (χ2n) is 8.28. The van der Waals surface area contributed by atoms with E-state index in [2.05, 4.69) is 0 Å². The molecule has 0 bridgehead atoms. The highest BCUT2D eigenvalue weighted by atomic mass is 35.5. The number of phenols is 1. The standard InChI is InChI=1S/C25H18ClF2NO4S2/c26-18-9-15(25(31)29-6-3-7-29)11-23(24(18)30)35(32,33)13-16-8-17(20(28)12-19(16)27)22-10-14-4-1-2-5-21(14)34-22/h1-2,4-5,8-12,30H,3,6-7,13H2. The lowest BCUT2D eigenvalue weighted by Gasteiger charge is -2.31. The third-order valence-corrected chi connectivity index (χ3v) is 9.04. The molecule has 1 fully saturated rings. The lowest BCUT2D eigenvalue weighted by Crippen LogP contribution is -2.42. The second-order valence-corrected chi connectivity index (χ2v) is 11.7. The molecule has 4 aromatic rings. The minimum Gasteiger partial charge on any atom is -0.505 e. The fourth-order valence-electron chi connectivity index (χ4n) is 3.93. The molecule has 0 unspecified atom stereocenters. The monoisotopic (exact) mass is 533 g/mol. The lowest BCUT2D eigenvalue weighted by atomic mass is 10.1. The first kappa shape index (κ1) is 23.7. The SMILES string of the molecule is O=C(c1cc(Cl)c(O)c(S(=O)(=O)Cc2cc(-c3cc4ccccc4s3)c(F)cc2F)c1)N1CCC1. The minimum absolute atomic E-state index is 0.0108. The number of phenolic OH excluding ortho intramolecular Hbond substituents is 1. The van der Waals surface area contributed by atoms with Crippen LogP contribution in [0.1, 0.15) is 22.3 Å². The average Bonchev–Trinajstić information content (AvgIpc) is 3.20. The number of likely N-dealkylation sites (tertiary alicyclic amines) is 1. The molecule has 10 heteroatoms. The summed E-state index contributed by atoms with van der Waals surface area (Å²) in [6.07, 6.45) is 0.842. The number of rotatable bonds is 5. The van der Waals surface area contributed by atoms with Crippen LogP contribution in [-0.2, 0) is 15.6 Å². The van der Waals surface area contributed by atoms with Gasteiger partial charge >= 0.3 is 0 Å². The molecule has 1 aliphatic heterocycles. The van der Waals surface area contributed by atoms with Gasteiger partial charge in [-0.25, -0.2) is 17.2 Å². The molecule has 0 atom stereocenters. The predicted molar refractivity (Wildman–Crippen MR) is 132 cm³/mol. The van der Waals surface area contributed by atoms with Crippen molar-refractivity contribution in [3.63, 3.8) is 0 Å². The average molecular weight is 534 g/mol. The van der Waals surface area contributed by atoms with E-state index in [4.69, 9.17) is 11.6 Å². The van der Waals surface area contributed by atoms with Crippen LogP contribution >= 0.6 is 22.9 Å². The molecule has 180 valence electrons. The number of thiophene rings is 1. The Morgan fingerprint density at radius 1 is 1.06 bits per heavy atom. The van der Waals surface area contributed by atoms with Gasteiger partial charge in [-0.15, -0.1) is 11.3 Å². The molecule has 0 saturated carbocycles. The van der Waals surface area contributed by atoms with Gasteiger partial charge in [-0.2, -0.15) is 0 Å². The van der Waals surface area contributed by atoms with Crippen LogP contribution in [0.4, 0.5) is 8.78 Å². The highest BCUT2D eigenvalue weighted by Gasteiger charge is 2.28. The summed E-state index contributed by atoms with van der Waals surface area (Å²) in [5.74, 6) is -3.84. The summed E-state index contributed by atoms with van der Waals surface area (Å²) in [6.45, 7) is 1.08. The topological polar surface area (TPSA) is 74.7 Å². The zero-order valence-corrected chi connectivity index (χ0v) is 20.5. The molecule has 3 aromatic carbocycles. The van der Waals surface area contributed by atoms with E-state index in [1.165, 1.54) is 28.4 Å². The molecule has 1 amide bonds. The van der Waals surface area contributed by atoms with Gasteiger partial charge in [-0.1, -0.05) is 29.8 Å². The molecule has 5 nitrogen and oxygen atoms in total. The molecule has 5 rings (SSSR count). The quantitative estimate of drug-likeness (QED) is 0.340. The van der Waals surface area contributed by atoms with E-state index in [0.717, 1.165) is 22.6 Å². The molecular weight excluding hydrogens is 516 g/mol. The van der Waals surface area contributed by atoms with Crippen molar-refractivity contribution in [2.75, 3.05) is 13.1 Å². The lowest BCUT2D eigenvalue weighted by molar-refractivity contribution is 0.0651. The molecule has 1 saturated heterocycles. The first-order chi connectivity index (χ1) is 16.6. The first-order valence-corrected chi connectivity index (χ1v) is 13.5. The first-order valence-electron chi connectivity index (χ1n) is 10.7. The van der Waals surface area contributed by atoms with Crippen molar-refractivity contribution in [3.05, 3.63) is 82.4 Å². The van der Waals surface area contributed by atoms with Gasteiger partial charge in [-0.05, 0) is 42.1 Å². The van der Waals surface area contributed by atoms with Crippen LogP contribution in [-0.4, -0.2) is 37.4 Å². The van der Waals surface area contributed by atoms with E-state index in [9.17, 15) is 27.1 Å². The van der Waals surface area contributed by atoms with Crippen LogP contribution < -0.4 is 0 Å². The summed E-state index contributed by atoms with van der Waals surface area (Å²) in [7, 11) is -4.36. The van der Waals surface area contributed by atoms with E-state index in [-0.39, 0.29) is 21.7 Å². The number of amides is 1. The Kier molecular flexibility index (Phi) is 6.03. The predicted octanol–water partition coefficient (Wildman–Crippen LogP) is 6.03. The van der Waals surface area contributed by atoms with Crippen LogP contribution in [0.2, 0.25) is 5.02 Å². The van der Waals surface area contributed by atoms with E-state index in [1.807, 2.05) is 24.3 Å².